The zero-order chi connectivity index (χ0) is 15.6. The van der Waals surface area contributed by atoms with E-state index in [0.29, 0.717) is 11.4 Å². The number of hydrogen-bond acceptors (Lipinski definition) is 5. The summed E-state index contributed by atoms with van der Waals surface area (Å²) in [5, 5.41) is 15.1. The van der Waals surface area contributed by atoms with Gasteiger partial charge in [0.25, 0.3) is 0 Å². The molecule has 1 aromatic carbocycles. The van der Waals surface area contributed by atoms with Gasteiger partial charge >= 0.3 is 0 Å². The van der Waals surface area contributed by atoms with Crippen molar-refractivity contribution in [3.8, 4) is 17.0 Å². The number of ether oxygens (including phenoxy) is 1. The molecular weight excluding hydrogens is 272 g/mol. The maximum absolute atomic E-state index is 11.0. The van der Waals surface area contributed by atoms with E-state index in [0.717, 1.165) is 11.3 Å². The van der Waals surface area contributed by atoms with Crippen LogP contribution in [0.5, 0.6) is 5.75 Å². The highest BCUT2D eigenvalue weighted by Gasteiger charge is 2.32. The number of aromatic nitrogens is 2. The summed E-state index contributed by atoms with van der Waals surface area (Å²) in [6.45, 7) is 3.01. The fourth-order valence-corrected chi connectivity index (χ4v) is 1.82. The molecule has 0 aliphatic carbocycles. The summed E-state index contributed by atoms with van der Waals surface area (Å²) in [4.78, 5) is 10.6. The number of benzene rings is 1. The van der Waals surface area contributed by atoms with Crippen LogP contribution in [0.4, 0.5) is 5.69 Å². The molecule has 1 aromatic heterocycles. The second-order valence-corrected chi connectivity index (χ2v) is 5.45. The van der Waals surface area contributed by atoms with Gasteiger partial charge in [-0.05, 0) is 24.3 Å². The number of aryl methyl sites for hydroxylation is 1. The number of nitrogens with two attached hydrogens (primary N) is 1. The molecule has 21 heavy (non-hydrogen) atoms. The average Bonchev–Trinajstić information content (AvgIpc) is 2.83. The molecule has 0 saturated carbocycles. The first kappa shape index (κ1) is 14.8. The van der Waals surface area contributed by atoms with Crippen molar-refractivity contribution in [1.82, 2.24) is 9.78 Å². The van der Waals surface area contributed by atoms with E-state index >= 15 is 0 Å². The second-order valence-electron chi connectivity index (χ2n) is 5.45. The van der Waals surface area contributed by atoms with Gasteiger partial charge in [0.05, 0.1) is 5.69 Å². The first-order valence-corrected chi connectivity index (χ1v) is 6.46. The molecule has 0 aliphatic rings. The minimum Gasteiger partial charge on any atom is -0.485 e. The third-order valence-corrected chi connectivity index (χ3v) is 3.18. The smallest absolute Gasteiger partial charge is 0.250 e. The fourth-order valence-electron chi connectivity index (χ4n) is 1.82. The van der Waals surface area contributed by atoms with Gasteiger partial charge in [-0.15, -0.1) is 0 Å². The quantitative estimate of drug-likeness (QED) is 0.517. The van der Waals surface area contributed by atoms with E-state index in [1.165, 1.54) is 13.8 Å². The summed E-state index contributed by atoms with van der Waals surface area (Å²) in [6, 6.07) is 7.02. The second kappa shape index (κ2) is 5.43. The highest BCUT2D eigenvalue weighted by molar-refractivity contribution is 5.71. The molecule has 7 nitrogen and oxygen atoms in total. The molecule has 0 spiro atoms. The number of nitro groups is 1. The van der Waals surface area contributed by atoms with Crippen LogP contribution < -0.4 is 10.5 Å². The molecule has 0 saturated heterocycles. The van der Waals surface area contributed by atoms with Crippen LogP contribution in [0.1, 0.15) is 13.8 Å². The molecule has 0 amide bonds. The van der Waals surface area contributed by atoms with Crippen LogP contribution in [0.25, 0.3) is 11.3 Å². The van der Waals surface area contributed by atoms with Gasteiger partial charge in [0, 0.05) is 43.3 Å². The van der Waals surface area contributed by atoms with Crippen molar-refractivity contribution >= 4 is 5.69 Å². The van der Waals surface area contributed by atoms with Crippen molar-refractivity contribution < 1.29 is 9.66 Å². The Bertz CT molecular complexity index is 664. The molecule has 0 radical (unpaired) electrons. The topological polar surface area (TPSA) is 96.2 Å². The first-order chi connectivity index (χ1) is 9.81. The van der Waals surface area contributed by atoms with E-state index in [2.05, 4.69) is 5.10 Å². The molecule has 0 fully saturated rings. The van der Waals surface area contributed by atoms with Gasteiger partial charge in [-0.25, -0.2) is 0 Å². The van der Waals surface area contributed by atoms with Crippen molar-refractivity contribution in [2.24, 2.45) is 7.05 Å². The number of nitrogen functional groups attached to an aromatic ring is 1. The third kappa shape index (κ3) is 3.13. The van der Waals surface area contributed by atoms with Crippen LogP contribution in [-0.4, -0.2) is 26.8 Å². The van der Waals surface area contributed by atoms with Crippen molar-refractivity contribution in [3.05, 3.63) is 40.6 Å². The summed E-state index contributed by atoms with van der Waals surface area (Å²) in [5.74, 6) is 0.544. The van der Waals surface area contributed by atoms with E-state index in [-0.39, 0.29) is 11.5 Å². The Morgan fingerprint density at radius 3 is 2.71 bits per heavy atom. The van der Waals surface area contributed by atoms with Crippen LogP contribution in [-0.2, 0) is 7.05 Å². The molecule has 2 aromatic rings. The van der Waals surface area contributed by atoms with Gasteiger partial charge < -0.3 is 10.5 Å². The number of hydrogen-bond donors (Lipinski definition) is 1. The molecular formula is C14H18N4O3. The van der Waals surface area contributed by atoms with E-state index < -0.39 is 5.54 Å². The highest BCUT2D eigenvalue weighted by Crippen LogP contribution is 2.32. The predicted octanol–water partition coefficient (Wildman–Crippen LogP) is 2.10. The monoisotopic (exact) mass is 290 g/mol. The Labute approximate surface area is 122 Å². The lowest BCUT2D eigenvalue weighted by Crippen LogP contribution is -2.37. The van der Waals surface area contributed by atoms with Crippen molar-refractivity contribution in [1.29, 1.82) is 0 Å². The van der Waals surface area contributed by atoms with E-state index in [9.17, 15) is 10.1 Å². The lowest BCUT2D eigenvalue weighted by atomic mass is 10.1. The van der Waals surface area contributed by atoms with E-state index in [1.54, 1.807) is 29.1 Å². The predicted molar refractivity (Wildman–Crippen MR) is 79.6 cm³/mol. The van der Waals surface area contributed by atoms with Crippen LogP contribution in [0.15, 0.2) is 30.5 Å². The SMILES string of the molecule is Cn1nccc1-c1cc(N)ccc1OCC(C)(C)[N+](=O)[O-]. The largest absolute Gasteiger partial charge is 0.485 e. The van der Waals surface area contributed by atoms with Crippen LogP contribution in [0, 0.1) is 10.1 Å². The maximum Gasteiger partial charge on any atom is 0.250 e. The minimum absolute atomic E-state index is 0.0330. The Balaban J connectivity index is 2.33. The number of anilines is 1. The van der Waals surface area contributed by atoms with Gasteiger partial charge in [-0.1, -0.05) is 0 Å². The summed E-state index contributed by atoms with van der Waals surface area (Å²) in [6.07, 6.45) is 1.67. The van der Waals surface area contributed by atoms with Gasteiger partial charge in [0.1, 0.15) is 5.75 Å². The van der Waals surface area contributed by atoms with Crippen LogP contribution in [0.3, 0.4) is 0 Å². The molecule has 2 rings (SSSR count). The van der Waals surface area contributed by atoms with Crippen LogP contribution >= 0.6 is 0 Å². The normalized spacial score (nSPS) is 11.4. The number of rotatable bonds is 5. The van der Waals surface area contributed by atoms with E-state index in [1.807, 2.05) is 13.1 Å². The molecule has 0 unspecified atom stereocenters. The molecule has 0 atom stereocenters. The maximum atomic E-state index is 11.0. The molecule has 7 heteroatoms. The fraction of sp³-hybridized carbons (Fsp3) is 0.357. The van der Waals surface area contributed by atoms with Crippen molar-refractivity contribution in [3.63, 3.8) is 0 Å². The minimum atomic E-state index is -1.16. The lowest BCUT2D eigenvalue weighted by molar-refractivity contribution is -0.562. The van der Waals surface area contributed by atoms with Crippen molar-refractivity contribution in [2.75, 3.05) is 12.3 Å². The lowest BCUT2D eigenvalue weighted by Gasteiger charge is -2.18. The Kier molecular flexibility index (Phi) is 3.84. The van der Waals surface area contributed by atoms with Gasteiger partial charge in [0.2, 0.25) is 5.54 Å². The summed E-state index contributed by atoms with van der Waals surface area (Å²) in [7, 11) is 1.81. The zero-order valence-corrected chi connectivity index (χ0v) is 12.2. The Morgan fingerprint density at radius 1 is 1.43 bits per heavy atom. The summed E-state index contributed by atoms with van der Waals surface area (Å²) >= 11 is 0. The first-order valence-electron chi connectivity index (χ1n) is 6.46. The summed E-state index contributed by atoms with van der Waals surface area (Å²) < 4.78 is 7.35. The van der Waals surface area contributed by atoms with Crippen molar-refractivity contribution in [2.45, 2.75) is 19.4 Å². The Morgan fingerprint density at radius 2 is 2.14 bits per heavy atom. The molecule has 1 heterocycles. The third-order valence-electron chi connectivity index (χ3n) is 3.18. The molecule has 0 aliphatic heterocycles. The molecule has 0 bridgehead atoms. The average molecular weight is 290 g/mol. The molecule has 112 valence electrons. The summed E-state index contributed by atoms with van der Waals surface area (Å²) in [5.41, 5.74) is 6.84. The van der Waals surface area contributed by atoms with Gasteiger partial charge in [-0.2, -0.15) is 5.10 Å². The van der Waals surface area contributed by atoms with Gasteiger partial charge in [-0.3, -0.25) is 14.8 Å². The standard InChI is InChI=1S/C14H18N4O3/c1-14(2,18(19)20)9-21-13-5-4-10(15)8-11(13)12-6-7-16-17(12)3/h4-8H,9,15H2,1-3H3. The zero-order valence-electron chi connectivity index (χ0n) is 12.2. The Hall–Kier alpha value is -2.57. The van der Waals surface area contributed by atoms with Gasteiger partial charge in [0.15, 0.2) is 6.61 Å². The van der Waals surface area contributed by atoms with E-state index in [4.69, 9.17) is 10.5 Å². The highest BCUT2D eigenvalue weighted by atomic mass is 16.6. The number of nitrogens with zero attached hydrogens (tertiary/aromatic N) is 3. The molecule has 2 N–H and O–H groups in total. The van der Waals surface area contributed by atoms with Crippen LogP contribution in [0.2, 0.25) is 0 Å².